The molecule has 0 aromatic carbocycles. The fourth-order valence-corrected chi connectivity index (χ4v) is 0. The Hall–Kier alpha value is 0.110. The zero-order valence-corrected chi connectivity index (χ0v) is 3.75. The fourth-order valence-electron chi connectivity index (χ4n) is 0. The Morgan fingerprint density at radius 3 is 2.20 bits per heavy atom. The Balaban J connectivity index is 2.85. The van der Waals surface area contributed by atoms with Gasteiger partial charge in [-0.25, -0.2) is 4.21 Å². The molecular formula is C2H5O2S. The summed E-state index contributed by atoms with van der Waals surface area (Å²) in [4.78, 5) is 0. The van der Waals surface area contributed by atoms with E-state index in [2.05, 4.69) is 11.3 Å². The molecule has 0 bridgehead atoms. The molecule has 0 heterocycles. The summed E-state index contributed by atoms with van der Waals surface area (Å²) in [7, 11) is 2.89. The van der Waals surface area contributed by atoms with Crippen LogP contribution in [-0.2, 0) is 15.3 Å². The lowest BCUT2D eigenvalue weighted by atomic mass is 11.8. The summed E-state index contributed by atoms with van der Waals surface area (Å²) in [5, 5.41) is 0. The summed E-state index contributed by atoms with van der Waals surface area (Å²) in [6.07, 6.45) is 1.41. The molecule has 0 saturated heterocycles. The van der Waals surface area contributed by atoms with Crippen LogP contribution in [-0.4, -0.2) is 10.5 Å². The lowest BCUT2D eigenvalue weighted by Crippen LogP contribution is -1.80. The van der Waals surface area contributed by atoms with Gasteiger partial charge in [-0.3, -0.25) is 4.18 Å². The molecule has 0 rings (SSSR count). The van der Waals surface area contributed by atoms with Crippen molar-refractivity contribution in [2.75, 3.05) is 6.26 Å². The third kappa shape index (κ3) is 4.11. The maximum atomic E-state index is 9.64. The standard InChI is InChI=1S/C2H5O2S/c1-4-5(2)3/h1H2,2H3. The van der Waals surface area contributed by atoms with Crippen LogP contribution in [0.15, 0.2) is 0 Å². The number of rotatable bonds is 1. The van der Waals surface area contributed by atoms with Gasteiger partial charge < -0.3 is 0 Å². The summed E-state index contributed by atoms with van der Waals surface area (Å²) in [6.45, 7) is 0. The van der Waals surface area contributed by atoms with Gasteiger partial charge in [-0.05, 0) is 0 Å². The monoisotopic (exact) mass is 93.0 g/mol. The van der Waals surface area contributed by atoms with Gasteiger partial charge in [-0.15, -0.1) is 0 Å². The van der Waals surface area contributed by atoms with Crippen LogP contribution in [0, 0.1) is 7.11 Å². The van der Waals surface area contributed by atoms with Crippen LogP contribution in [0.25, 0.3) is 0 Å². The molecule has 31 valence electrons. The fraction of sp³-hybridized carbons (Fsp3) is 0.500. The molecule has 2 nitrogen and oxygen atoms in total. The summed E-state index contributed by atoms with van der Waals surface area (Å²) in [6, 6.07) is 0. The Labute approximate surface area is 33.8 Å². The van der Waals surface area contributed by atoms with Gasteiger partial charge in [0.15, 0.2) is 11.1 Å². The van der Waals surface area contributed by atoms with Crippen LogP contribution >= 0.6 is 0 Å². The summed E-state index contributed by atoms with van der Waals surface area (Å²) >= 11 is -1.18. The first-order chi connectivity index (χ1) is 2.27. The van der Waals surface area contributed by atoms with Crippen LogP contribution in [0.2, 0.25) is 0 Å². The van der Waals surface area contributed by atoms with E-state index in [0.29, 0.717) is 0 Å². The molecule has 0 aliphatic heterocycles. The van der Waals surface area contributed by atoms with Gasteiger partial charge in [0.1, 0.15) is 0 Å². The van der Waals surface area contributed by atoms with Crippen LogP contribution in [0.5, 0.6) is 0 Å². The lowest BCUT2D eigenvalue weighted by Gasteiger charge is -1.77. The highest BCUT2D eigenvalue weighted by Gasteiger charge is 1.72. The van der Waals surface area contributed by atoms with E-state index in [1.54, 1.807) is 0 Å². The SMILES string of the molecule is [CH2]OS(C)=O. The molecule has 1 unspecified atom stereocenters. The molecular weight excluding hydrogens is 88.1 g/mol. The van der Waals surface area contributed by atoms with E-state index in [9.17, 15) is 4.21 Å². The van der Waals surface area contributed by atoms with Crippen molar-refractivity contribution in [3.63, 3.8) is 0 Å². The number of hydrogen-bond donors (Lipinski definition) is 0. The van der Waals surface area contributed by atoms with Crippen LogP contribution < -0.4 is 0 Å². The molecule has 0 aliphatic carbocycles. The van der Waals surface area contributed by atoms with E-state index >= 15 is 0 Å². The minimum absolute atomic E-state index is 1.18. The molecule has 3 heteroatoms. The summed E-state index contributed by atoms with van der Waals surface area (Å²) < 4.78 is 13.6. The van der Waals surface area contributed by atoms with Crippen molar-refractivity contribution < 1.29 is 8.39 Å². The van der Waals surface area contributed by atoms with Crippen molar-refractivity contribution in [1.29, 1.82) is 0 Å². The van der Waals surface area contributed by atoms with E-state index < -0.39 is 11.1 Å². The molecule has 0 N–H and O–H groups in total. The molecule has 0 fully saturated rings. The Morgan fingerprint density at radius 2 is 2.20 bits per heavy atom. The normalized spacial score (nSPS) is 14.8. The molecule has 0 amide bonds. The van der Waals surface area contributed by atoms with Crippen molar-refractivity contribution in [2.45, 2.75) is 0 Å². The number of hydrogen-bond acceptors (Lipinski definition) is 2. The third-order valence-corrected chi connectivity index (χ3v) is 0.498. The van der Waals surface area contributed by atoms with Gasteiger partial charge in [0.25, 0.3) is 0 Å². The molecule has 0 spiro atoms. The largest absolute Gasteiger partial charge is 0.288 e. The predicted octanol–water partition coefficient (Wildman–Crippen LogP) is 0.0881. The highest BCUT2D eigenvalue weighted by atomic mass is 32.2. The zero-order valence-electron chi connectivity index (χ0n) is 2.93. The van der Waals surface area contributed by atoms with Crippen molar-refractivity contribution in [2.24, 2.45) is 0 Å². The van der Waals surface area contributed by atoms with E-state index in [0.717, 1.165) is 0 Å². The second kappa shape index (κ2) is 2.35. The first kappa shape index (κ1) is 5.11. The Morgan fingerprint density at radius 1 is 2.00 bits per heavy atom. The van der Waals surface area contributed by atoms with Gasteiger partial charge in [-0.1, -0.05) is 0 Å². The minimum Gasteiger partial charge on any atom is -0.288 e. The molecule has 0 aromatic rings. The second-order valence-electron chi connectivity index (χ2n) is 0.519. The molecule has 0 aromatic heterocycles. The molecule has 1 atom stereocenters. The van der Waals surface area contributed by atoms with E-state index in [-0.39, 0.29) is 0 Å². The topological polar surface area (TPSA) is 26.3 Å². The van der Waals surface area contributed by atoms with Crippen molar-refractivity contribution >= 4 is 11.1 Å². The smallest absolute Gasteiger partial charge is 0.152 e. The highest BCUT2D eigenvalue weighted by Crippen LogP contribution is 1.68. The molecule has 1 radical (unpaired) electrons. The van der Waals surface area contributed by atoms with Crippen molar-refractivity contribution in [3.8, 4) is 0 Å². The van der Waals surface area contributed by atoms with Gasteiger partial charge in [0.05, 0.1) is 7.11 Å². The zero-order chi connectivity index (χ0) is 4.28. The van der Waals surface area contributed by atoms with Gasteiger partial charge in [-0.2, -0.15) is 0 Å². The molecule has 0 aliphatic rings. The highest BCUT2D eigenvalue weighted by molar-refractivity contribution is 7.79. The lowest BCUT2D eigenvalue weighted by molar-refractivity contribution is 0.503. The van der Waals surface area contributed by atoms with Crippen molar-refractivity contribution in [3.05, 3.63) is 7.11 Å². The Kier molecular flexibility index (Phi) is 2.41. The van der Waals surface area contributed by atoms with Crippen LogP contribution in [0.4, 0.5) is 0 Å². The molecule has 0 saturated carbocycles. The second-order valence-corrected chi connectivity index (χ2v) is 1.56. The van der Waals surface area contributed by atoms with E-state index in [1.165, 1.54) is 6.26 Å². The average Bonchev–Trinajstić information content (AvgIpc) is 1.38. The summed E-state index contributed by atoms with van der Waals surface area (Å²) in [5.74, 6) is 0. The molecule has 5 heavy (non-hydrogen) atoms. The Bertz CT molecular complexity index is 42.9. The maximum absolute atomic E-state index is 9.64. The predicted molar refractivity (Wildman–Crippen MR) is 20.5 cm³/mol. The maximum Gasteiger partial charge on any atom is 0.152 e. The van der Waals surface area contributed by atoms with Gasteiger partial charge in [0, 0.05) is 6.26 Å². The third-order valence-electron chi connectivity index (χ3n) is 0.166. The quantitative estimate of drug-likeness (QED) is 0.459. The van der Waals surface area contributed by atoms with Crippen LogP contribution in [0.1, 0.15) is 0 Å². The minimum atomic E-state index is -1.18. The van der Waals surface area contributed by atoms with Crippen molar-refractivity contribution in [1.82, 2.24) is 0 Å². The van der Waals surface area contributed by atoms with Crippen LogP contribution in [0.3, 0.4) is 0 Å². The first-order valence-electron chi connectivity index (χ1n) is 1.03. The van der Waals surface area contributed by atoms with E-state index in [4.69, 9.17) is 0 Å². The average molecular weight is 93.1 g/mol. The first-order valence-corrected chi connectivity index (χ1v) is 2.51. The van der Waals surface area contributed by atoms with E-state index in [1.807, 2.05) is 0 Å². The van der Waals surface area contributed by atoms with Gasteiger partial charge >= 0.3 is 0 Å². The summed E-state index contributed by atoms with van der Waals surface area (Å²) in [5.41, 5.74) is 0. The van der Waals surface area contributed by atoms with Gasteiger partial charge in [0.2, 0.25) is 0 Å².